The van der Waals surface area contributed by atoms with Gasteiger partial charge in [-0.25, -0.2) is 0 Å². The van der Waals surface area contributed by atoms with Crippen molar-refractivity contribution in [3.05, 3.63) is 23.5 Å². The predicted octanol–water partition coefficient (Wildman–Crippen LogP) is 10.5. The molecule has 6 nitrogen and oxygen atoms in total. The Morgan fingerprint density at radius 2 is 1.64 bits per heavy atom. The number of hydrogen-bond donors (Lipinski definition) is 1. The topological polar surface area (TPSA) is 74.2 Å². The minimum absolute atomic E-state index is 0.0131. The molecule has 0 aromatic rings. The quantitative estimate of drug-likeness (QED) is 0.0587. The zero-order chi connectivity index (χ0) is 36.1. The normalized spacial score (nSPS) is 19.8. The predicted molar refractivity (Wildman–Crippen MR) is 206 cm³/mol. The second-order valence-corrected chi connectivity index (χ2v) is 30.2. The number of carbonyl (C=O) groups excluding carboxylic acids is 1. The SMILES string of the molecule is CCCCC(C)(C/C=C/C1C(CC#CC(O)CCCC(=O)OC)=C(O[Si](C)(C)C(C)(C)C)CC1O[Si](CC)(CC)CC)O[Si](C)(C)C. The van der Waals surface area contributed by atoms with Crippen LogP contribution in [0.1, 0.15) is 113 Å². The van der Waals surface area contributed by atoms with Gasteiger partial charge in [-0.2, -0.15) is 0 Å². The van der Waals surface area contributed by atoms with Crippen molar-refractivity contribution in [2.45, 2.75) is 187 Å². The molecule has 9 heteroatoms. The lowest BCUT2D eigenvalue weighted by atomic mass is 9.92. The van der Waals surface area contributed by atoms with Gasteiger partial charge in [0.05, 0.1) is 24.6 Å². The van der Waals surface area contributed by atoms with Gasteiger partial charge in [0.15, 0.2) is 16.6 Å². The van der Waals surface area contributed by atoms with Gasteiger partial charge in [0.1, 0.15) is 6.10 Å². The molecule has 0 spiro atoms. The van der Waals surface area contributed by atoms with E-state index in [9.17, 15) is 9.90 Å². The van der Waals surface area contributed by atoms with Crippen molar-refractivity contribution in [1.29, 1.82) is 0 Å². The largest absolute Gasteiger partial charge is 0.546 e. The minimum atomic E-state index is -2.13. The Bertz CT molecular complexity index is 1080. The molecule has 0 aromatic carbocycles. The summed E-state index contributed by atoms with van der Waals surface area (Å²) in [5, 5.41) is 10.7. The molecule has 4 atom stereocenters. The molecular formula is C38H72O6Si3. The fourth-order valence-corrected chi connectivity index (χ4v) is 11.8. The van der Waals surface area contributed by atoms with Gasteiger partial charge < -0.3 is 23.1 Å². The maximum atomic E-state index is 11.5. The molecule has 0 fully saturated rings. The second-order valence-electron chi connectivity index (χ2n) is 16.3. The van der Waals surface area contributed by atoms with E-state index in [2.05, 4.69) is 112 Å². The molecule has 47 heavy (non-hydrogen) atoms. The molecule has 1 N–H and O–H groups in total. The lowest BCUT2D eigenvalue weighted by molar-refractivity contribution is -0.140. The number of hydrogen-bond acceptors (Lipinski definition) is 6. The lowest BCUT2D eigenvalue weighted by Gasteiger charge is -2.37. The Balaban J connectivity index is 3.61. The van der Waals surface area contributed by atoms with Gasteiger partial charge in [0, 0.05) is 25.2 Å². The number of esters is 1. The zero-order valence-electron chi connectivity index (χ0n) is 32.9. The molecule has 0 radical (unpaired) electrons. The fraction of sp³-hybridized carbons (Fsp3) is 0.816. The third-order valence-corrected chi connectivity index (χ3v) is 20.3. The first-order valence-electron chi connectivity index (χ1n) is 18.4. The summed E-state index contributed by atoms with van der Waals surface area (Å²) >= 11 is 0. The van der Waals surface area contributed by atoms with Crippen LogP contribution >= 0.6 is 0 Å². The molecule has 0 amide bonds. The summed E-state index contributed by atoms with van der Waals surface area (Å²) in [4.78, 5) is 11.5. The Morgan fingerprint density at radius 3 is 2.15 bits per heavy atom. The Hall–Kier alpha value is -1.16. The Kier molecular flexibility index (Phi) is 18.0. The first kappa shape index (κ1) is 43.9. The summed E-state index contributed by atoms with van der Waals surface area (Å²) in [6.07, 6.45) is 10.7. The van der Waals surface area contributed by atoms with Crippen molar-refractivity contribution in [1.82, 2.24) is 0 Å². The first-order valence-corrected chi connectivity index (χ1v) is 27.2. The van der Waals surface area contributed by atoms with E-state index in [0.29, 0.717) is 19.3 Å². The minimum Gasteiger partial charge on any atom is -0.546 e. The summed E-state index contributed by atoms with van der Waals surface area (Å²) in [5.41, 5.74) is 0.997. The van der Waals surface area contributed by atoms with Crippen LogP contribution in [0.25, 0.3) is 0 Å². The molecule has 0 saturated carbocycles. The maximum Gasteiger partial charge on any atom is 0.305 e. The van der Waals surface area contributed by atoms with Crippen LogP contribution in [-0.2, 0) is 22.8 Å². The van der Waals surface area contributed by atoms with Gasteiger partial charge in [0.2, 0.25) is 8.32 Å². The number of carbonyl (C=O) groups is 1. The molecule has 0 heterocycles. The van der Waals surface area contributed by atoms with Gasteiger partial charge in [-0.1, -0.05) is 85.3 Å². The smallest absolute Gasteiger partial charge is 0.305 e. The lowest BCUT2D eigenvalue weighted by Crippen LogP contribution is -2.42. The molecular weight excluding hydrogens is 637 g/mol. The van der Waals surface area contributed by atoms with Crippen LogP contribution in [0.15, 0.2) is 23.5 Å². The number of aliphatic hydroxyl groups excluding tert-OH is 1. The third kappa shape index (κ3) is 14.7. The highest BCUT2D eigenvalue weighted by Crippen LogP contribution is 2.45. The zero-order valence-corrected chi connectivity index (χ0v) is 35.9. The van der Waals surface area contributed by atoms with E-state index < -0.39 is 31.1 Å². The molecule has 1 aliphatic carbocycles. The van der Waals surface area contributed by atoms with Crippen LogP contribution in [0.4, 0.5) is 0 Å². The van der Waals surface area contributed by atoms with Crippen LogP contribution < -0.4 is 0 Å². The van der Waals surface area contributed by atoms with Gasteiger partial charge >= 0.3 is 5.97 Å². The van der Waals surface area contributed by atoms with E-state index in [1.165, 1.54) is 12.7 Å². The summed E-state index contributed by atoms with van der Waals surface area (Å²) in [5.74, 6) is 7.22. The van der Waals surface area contributed by atoms with Crippen molar-refractivity contribution < 1.29 is 27.9 Å². The van der Waals surface area contributed by atoms with E-state index in [1.54, 1.807) is 0 Å². The molecule has 0 aromatic heterocycles. The number of rotatable bonds is 20. The first-order chi connectivity index (χ1) is 21.7. The highest BCUT2D eigenvalue weighted by Gasteiger charge is 2.45. The summed E-state index contributed by atoms with van der Waals surface area (Å²) < 4.78 is 25.9. The molecule has 0 aliphatic heterocycles. The fourth-order valence-electron chi connectivity index (χ4n) is 6.14. The summed E-state index contributed by atoms with van der Waals surface area (Å²) in [6.45, 7) is 29.7. The summed E-state index contributed by atoms with van der Waals surface area (Å²) in [7, 11) is -4.41. The Labute approximate surface area is 293 Å². The van der Waals surface area contributed by atoms with E-state index in [-0.39, 0.29) is 35.1 Å². The van der Waals surface area contributed by atoms with E-state index in [4.69, 9.17) is 18.0 Å². The molecule has 1 aliphatic rings. The van der Waals surface area contributed by atoms with Crippen LogP contribution in [0, 0.1) is 17.8 Å². The van der Waals surface area contributed by atoms with Gasteiger partial charge in [-0.05, 0) is 94.1 Å². The number of aliphatic hydroxyl groups is 1. The highest BCUT2D eigenvalue weighted by atomic mass is 28.4. The van der Waals surface area contributed by atoms with Gasteiger partial charge in [0.25, 0.3) is 0 Å². The van der Waals surface area contributed by atoms with E-state index >= 15 is 0 Å². The molecule has 0 bridgehead atoms. The van der Waals surface area contributed by atoms with Crippen LogP contribution in [0.2, 0.25) is 55.9 Å². The van der Waals surface area contributed by atoms with Crippen LogP contribution in [-0.4, -0.2) is 60.9 Å². The van der Waals surface area contributed by atoms with E-state index in [1.807, 2.05) is 0 Å². The van der Waals surface area contributed by atoms with Crippen molar-refractivity contribution >= 4 is 30.9 Å². The number of ether oxygens (including phenoxy) is 1. The second kappa shape index (κ2) is 19.3. The van der Waals surface area contributed by atoms with Crippen LogP contribution in [0.5, 0.6) is 0 Å². The standard InChI is InChI=1S/C38H72O6Si3/c1-15-19-28-38(8,44-45(10,11)12)29-22-26-33-32(25-20-23-31(39)24-21-27-36(40)41-9)34(42-46(13,14)37(5,6)7)30-35(33)43-47(16-2,17-3)18-4/h22,26,31,33,35,39H,15-19,21,24-25,27-30H2,1-14H3/b26-22+. The van der Waals surface area contributed by atoms with Crippen molar-refractivity contribution in [2.75, 3.05) is 7.11 Å². The van der Waals surface area contributed by atoms with Crippen molar-refractivity contribution in [2.24, 2.45) is 5.92 Å². The van der Waals surface area contributed by atoms with Crippen LogP contribution in [0.3, 0.4) is 0 Å². The number of unbranched alkanes of at least 4 members (excludes halogenated alkanes) is 1. The monoisotopic (exact) mass is 708 g/mol. The molecule has 1 rings (SSSR count). The average molecular weight is 709 g/mol. The van der Waals surface area contributed by atoms with Crippen molar-refractivity contribution in [3.63, 3.8) is 0 Å². The Morgan fingerprint density at radius 1 is 1.02 bits per heavy atom. The average Bonchev–Trinajstić information content (AvgIpc) is 3.27. The third-order valence-electron chi connectivity index (χ3n) is 10.2. The van der Waals surface area contributed by atoms with Crippen molar-refractivity contribution in [3.8, 4) is 11.8 Å². The molecule has 4 unspecified atom stereocenters. The van der Waals surface area contributed by atoms with Gasteiger partial charge in [-0.15, -0.1) is 0 Å². The number of methoxy groups -OCH3 is 1. The van der Waals surface area contributed by atoms with E-state index in [0.717, 1.165) is 56.0 Å². The highest BCUT2D eigenvalue weighted by molar-refractivity contribution is 6.74. The summed E-state index contributed by atoms with van der Waals surface area (Å²) in [6, 6.07) is 3.28. The van der Waals surface area contributed by atoms with Gasteiger partial charge in [-0.3, -0.25) is 4.79 Å². The maximum absolute atomic E-state index is 11.5. The molecule has 0 saturated heterocycles. The molecule has 272 valence electrons.